The van der Waals surface area contributed by atoms with E-state index in [0.717, 1.165) is 5.56 Å². The highest BCUT2D eigenvalue weighted by atomic mass is 16.2. The van der Waals surface area contributed by atoms with Gasteiger partial charge in [-0.15, -0.1) is 0 Å². The lowest BCUT2D eigenvalue weighted by atomic mass is 10.0. The van der Waals surface area contributed by atoms with Gasteiger partial charge in [0.05, 0.1) is 5.56 Å². The average molecular weight is 394 g/mol. The SMILES string of the molecule is CC(=O)NC(Cc1ccccc1)C(=O)NC1CCN(C(=O)c2cccnc2)CC1. The van der Waals surface area contributed by atoms with E-state index in [1.54, 1.807) is 29.4 Å². The van der Waals surface area contributed by atoms with E-state index >= 15 is 0 Å². The number of rotatable bonds is 6. The minimum Gasteiger partial charge on any atom is -0.351 e. The van der Waals surface area contributed by atoms with Crippen molar-refractivity contribution in [3.05, 3.63) is 66.0 Å². The topological polar surface area (TPSA) is 91.4 Å². The van der Waals surface area contributed by atoms with Gasteiger partial charge in [0.25, 0.3) is 5.91 Å². The molecule has 1 unspecified atom stereocenters. The van der Waals surface area contributed by atoms with Gasteiger partial charge in [-0.25, -0.2) is 0 Å². The molecule has 29 heavy (non-hydrogen) atoms. The number of nitrogens with zero attached hydrogens (tertiary/aromatic N) is 2. The zero-order valence-electron chi connectivity index (χ0n) is 16.5. The number of carbonyl (C=O) groups excluding carboxylic acids is 3. The van der Waals surface area contributed by atoms with E-state index in [1.807, 2.05) is 30.3 Å². The van der Waals surface area contributed by atoms with Crippen molar-refractivity contribution in [2.45, 2.75) is 38.3 Å². The summed E-state index contributed by atoms with van der Waals surface area (Å²) < 4.78 is 0. The van der Waals surface area contributed by atoms with Crippen molar-refractivity contribution in [3.63, 3.8) is 0 Å². The predicted molar refractivity (Wildman–Crippen MR) is 109 cm³/mol. The highest BCUT2D eigenvalue weighted by Crippen LogP contribution is 2.14. The molecule has 2 aromatic rings. The summed E-state index contributed by atoms with van der Waals surface area (Å²) in [6.45, 7) is 2.55. The minimum atomic E-state index is -0.620. The van der Waals surface area contributed by atoms with Gasteiger partial charge in [0.2, 0.25) is 11.8 Å². The molecule has 2 heterocycles. The molecule has 1 aliphatic rings. The Labute approximate surface area is 170 Å². The van der Waals surface area contributed by atoms with Gasteiger partial charge in [-0.1, -0.05) is 30.3 Å². The second-order valence-electron chi connectivity index (χ2n) is 7.26. The number of nitrogens with one attached hydrogen (secondary N) is 2. The first kappa shape index (κ1) is 20.5. The number of hydrogen-bond donors (Lipinski definition) is 2. The molecule has 0 saturated carbocycles. The Hall–Kier alpha value is -3.22. The van der Waals surface area contributed by atoms with Crippen LogP contribution in [0, 0.1) is 0 Å². The minimum absolute atomic E-state index is 0.0209. The first-order valence-electron chi connectivity index (χ1n) is 9.83. The van der Waals surface area contributed by atoms with E-state index in [2.05, 4.69) is 15.6 Å². The Morgan fingerprint density at radius 3 is 2.45 bits per heavy atom. The molecule has 1 aliphatic heterocycles. The van der Waals surface area contributed by atoms with Gasteiger partial charge in [-0.05, 0) is 30.5 Å². The Morgan fingerprint density at radius 2 is 1.83 bits per heavy atom. The van der Waals surface area contributed by atoms with Crippen LogP contribution in [0.2, 0.25) is 0 Å². The molecule has 1 aromatic heterocycles. The van der Waals surface area contributed by atoms with Crippen molar-refractivity contribution in [3.8, 4) is 0 Å². The van der Waals surface area contributed by atoms with Crippen molar-refractivity contribution in [2.75, 3.05) is 13.1 Å². The second kappa shape index (κ2) is 9.82. The Kier molecular flexibility index (Phi) is 6.94. The van der Waals surface area contributed by atoms with Crippen LogP contribution in [-0.4, -0.2) is 52.8 Å². The fourth-order valence-corrected chi connectivity index (χ4v) is 3.50. The molecular formula is C22H26N4O3. The van der Waals surface area contributed by atoms with E-state index in [9.17, 15) is 14.4 Å². The molecule has 1 atom stereocenters. The largest absolute Gasteiger partial charge is 0.351 e. The molecule has 0 spiro atoms. The number of aromatic nitrogens is 1. The maximum absolute atomic E-state index is 12.8. The summed E-state index contributed by atoms with van der Waals surface area (Å²) in [6, 6.07) is 12.5. The third-order valence-corrected chi connectivity index (χ3v) is 5.01. The Bertz CT molecular complexity index is 834. The van der Waals surface area contributed by atoms with Crippen molar-refractivity contribution < 1.29 is 14.4 Å². The van der Waals surface area contributed by atoms with E-state index < -0.39 is 6.04 Å². The lowest BCUT2D eigenvalue weighted by molar-refractivity contribution is -0.128. The molecule has 152 valence electrons. The summed E-state index contributed by atoms with van der Waals surface area (Å²) in [6.07, 6.45) is 4.99. The summed E-state index contributed by atoms with van der Waals surface area (Å²) in [5.41, 5.74) is 1.56. The molecule has 1 fully saturated rings. The molecule has 1 saturated heterocycles. The molecule has 3 rings (SSSR count). The van der Waals surface area contributed by atoms with Crippen LogP contribution in [0.15, 0.2) is 54.9 Å². The van der Waals surface area contributed by atoms with E-state index in [0.29, 0.717) is 37.9 Å². The normalized spacial score (nSPS) is 15.4. The summed E-state index contributed by atoms with van der Waals surface area (Å²) in [5, 5.41) is 5.78. The van der Waals surface area contributed by atoms with Crippen LogP contribution in [-0.2, 0) is 16.0 Å². The molecule has 0 aliphatic carbocycles. The van der Waals surface area contributed by atoms with Crippen LogP contribution in [0.3, 0.4) is 0 Å². The number of hydrogen-bond acceptors (Lipinski definition) is 4. The van der Waals surface area contributed by atoms with E-state index in [4.69, 9.17) is 0 Å². The van der Waals surface area contributed by atoms with Crippen LogP contribution >= 0.6 is 0 Å². The van der Waals surface area contributed by atoms with Gasteiger partial charge in [0, 0.05) is 44.9 Å². The standard InChI is InChI=1S/C22H26N4O3/c1-16(27)24-20(14-17-6-3-2-4-7-17)21(28)25-19-9-12-26(13-10-19)22(29)18-8-5-11-23-15-18/h2-8,11,15,19-20H,9-10,12-14H2,1H3,(H,24,27)(H,25,28). The van der Waals surface area contributed by atoms with Crippen LogP contribution in [0.1, 0.15) is 35.7 Å². The maximum Gasteiger partial charge on any atom is 0.255 e. The number of pyridine rings is 1. The molecule has 7 nitrogen and oxygen atoms in total. The highest BCUT2D eigenvalue weighted by molar-refractivity contribution is 5.94. The van der Waals surface area contributed by atoms with Gasteiger partial charge in [0.15, 0.2) is 0 Å². The predicted octanol–water partition coefficient (Wildman–Crippen LogP) is 1.55. The number of likely N-dealkylation sites (tertiary alicyclic amines) is 1. The summed E-state index contributed by atoms with van der Waals surface area (Å²) in [5.74, 6) is -0.470. The number of piperidine rings is 1. The maximum atomic E-state index is 12.8. The number of amides is 3. The first-order chi connectivity index (χ1) is 14.0. The van der Waals surface area contributed by atoms with Gasteiger partial charge < -0.3 is 15.5 Å². The molecule has 1 aromatic carbocycles. The van der Waals surface area contributed by atoms with Gasteiger partial charge in [0.1, 0.15) is 6.04 Å². The molecular weight excluding hydrogens is 368 g/mol. The summed E-state index contributed by atoms with van der Waals surface area (Å²) in [7, 11) is 0. The monoisotopic (exact) mass is 394 g/mol. The fraction of sp³-hybridized carbons (Fsp3) is 0.364. The summed E-state index contributed by atoms with van der Waals surface area (Å²) >= 11 is 0. The second-order valence-corrected chi connectivity index (χ2v) is 7.26. The van der Waals surface area contributed by atoms with Gasteiger partial charge >= 0.3 is 0 Å². The van der Waals surface area contributed by atoms with Crippen molar-refractivity contribution in [1.29, 1.82) is 0 Å². The first-order valence-corrected chi connectivity index (χ1v) is 9.83. The number of benzene rings is 1. The van der Waals surface area contributed by atoms with Gasteiger partial charge in [-0.2, -0.15) is 0 Å². The zero-order chi connectivity index (χ0) is 20.6. The zero-order valence-corrected chi connectivity index (χ0v) is 16.5. The smallest absolute Gasteiger partial charge is 0.255 e. The van der Waals surface area contributed by atoms with Crippen LogP contribution in [0.25, 0.3) is 0 Å². The third-order valence-electron chi connectivity index (χ3n) is 5.01. The van der Waals surface area contributed by atoms with Crippen molar-refractivity contribution in [2.24, 2.45) is 0 Å². The van der Waals surface area contributed by atoms with Crippen LogP contribution in [0.4, 0.5) is 0 Å². The van der Waals surface area contributed by atoms with E-state index in [1.165, 1.54) is 6.92 Å². The number of carbonyl (C=O) groups is 3. The summed E-state index contributed by atoms with van der Waals surface area (Å²) in [4.78, 5) is 42.6. The van der Waals surface area contributed by atoms with Crippen LogP contribution in [0.5, 0.6) is 0 Å². The van der Waals surface area contributed by atoms with Crippen molar-refractivity contribution >= 4 is 17.7 Å². The molecule has 0 bridgehead atoms. The third kappa shape index (κ3) is 5.88. The van der Waals surface area contributed by atoms with Gasteiger partial charge in [-0.3, -0.25) is 19.4 Å². The average Bonchev–Trinajstić information content (AvgIpc) is 2.74. The highest BCUT2D eigenvalue weighted by Gasteiger charge is 2.27. The Balaban J connectivity index is 1.54. The molecule has 2 N–H and O–H groups in total. The Morgan fingerprint density at radius 1 is 1.10 bits per heavy atom. The lowest BCUT2D eigenvalue weighted by Gasteiger charge is -2.33. The van der Waals surface area contributed by atoms with E-state index in [-0.39, 0.29) is 23.8 Å². The molecule has 0 radical (unpaired) electrons. The fourth-order valence-electron chi connectivity index (χ4n) is 3.50. The quantitative estimate of drug-likeness (QED) is 0.778. The lowest BCUT2D eigenvalue weighted by Crippen LogP contribution is -2.53. The van der Waals surface area contributed by atoms with Crippen LogP contribution < -0.4 is 10.6 Å². The molecule has 3 amide bonds. The molecule has 7 heteroatoms. The van der Waals surface area contributed by atoms with Crippen molar-refractivity contribution in [1.82, 2.24) is 20.5 Å².